The molecule has 77 heavy (non-hydrogen) atoms. The third-order valence-electron chi connectivity index (χ3n) is 14.8. The van der Waals surface area contributed by atoms with Gasteiger partial charge in [-0.3, -0.25) is 8.47 Å². The molecule has 10 rings (SSSR count). The standard InChI is InChI=1S/C60H78N8O6Si3/c1-19-75(20-2,21-3)73-77(74-76(22-4,23-5)24-6)67-53-43-31-27-39(71-59(13,14)15)35-47(43)56(67)64-50-42-30-26-38(70-58(10,11)12)34-46(42)52(62-50)66-54-44-32-28-40(72-60(16,17)18)36-48(44)55(68(54)77)63-49-41-29-25-37(69-57(7,8)9)33-45(41)51(61-49)65-53/h25-36H,19-24H2,1-18H3/b63-49-,63-55?,64-50?,64-56-,65-51?,65-53-,66-52-,66-54?. The summed E-state index contributed by atoms with van der Waals surface area (Å²) in [5, 5.41) is 3.26. The first-order valence-electron chi connectivity index (χ1n) is 27.8. The van der Waals surface area contributed by atoms with Crippen LogP contribution >= 0.6 is 0 Å². The highest BCUT2D eigenvalue weighted by molar-refractivity contribution is 6.89. The van der Waals surface area contributed by atoms with Crippen molar-refractivity contribution in [3.63, 3.8) is 0 Å². The Kier molecular flexibility index (Phi) is 13.5. The van der Waals surface area contributed by atoms with Crippen molar-refractivity contribution in [3.8, 4) is 23.0 Å². The van der Waals surface area contributed by atoms with Gasteiger partial charge < -0.3 is 27.2 Å². The zero-order chi connectivity index (χ0) is 55.4. The Morgan fingerprint density at radius 3 is 1.13 bits per heavy atom. The van der Waals surface area contributed by atoms with Gasteiger partial charge in [-0.15, -0.1) is 0 Å². The van der Waals surface area contributed by atoms with Gasteiger partial charge in [-0.25, -0.2) is 30.0 Å². The van der Waals surface area contributed by atoms with E-state index in [0.29, 0.717) is 69.0 Å². The van der Waals surface area contributed by atoms with E-state index in [1.54, 1.807) is 0 Å². The number of hydrogen-bond acceptors (Lipinski definition) is 12. The molecule has 14 nitrogen and oxygen atoms in total. The molecule has 4 aromatic carbocycles. The Hall–Kier alpha value is -5.99. The van der Waals surface area contributed by atoms with Gasteiger partial charge in [0.05, 0.1) is 0 Å². The molecule has 0 radical (unpaired) electrons. The summed E-state index contributed by atoms with van der Waals surface area (Å²) in [6.45, 7) is 38.4. The van der Waals surface area contributed by atoms with E-state index in [1.807, 2.05) is 36.4 Å². The highest BCUT2D eigenvalue weighted by Crippen LogP contribution is 2.48. The fraction of sp³-hybridized carbons (Fsp3) is 0.467. The molecule has 0 N–H and O–H groups in total. The molecule has 0 fully saturated rings. The summed E-state index contributed by atoms with van der Waals surface area (Å²) in [7, 11) is -10.1. The van der Waals surface area contributed by atoms with E-state index < -0.39 is 47.9 Å². The summed E-state index contributed by atoms with van der Waals surface area (Å²) in [6, 6.07) is 29.7. The first kappa shape index (κ1) is 54.4. The van der Waals surface area contributed by atoms with Crippen LogP contribution in [-0.2, 0) is 8.23 Å². The monoisotopic (exact) mass is 1090 g/mol. The number of rotatable bonds is 14. The molecule has 17 heteroatoms. The summed E-state index contributed by atoms with van der Waals surface area (Å²) in [5.74, 6) is 5.93. The van der Waals surface area contributed by atoms with Gasteiger partial charge in [0, 0.05) is 43.8 Å². The first-order chi connectivity index (χ1) is 36.2. The molecule has 0 aliphatic carbocycles. The number of benzene rings is 4. The quantitative estimate of drug-likeness (QED) is 0.0995. The van der Waals surface area contributed by atoms with Crippen LogP contribution in [0.4, 0.5) is 11.6 Å². The second kappa shape index (κ2) is 19.1. The maximum absolute atomic E-state index is 8.65. The maximum Gasteiger partial charge on any atom is 0.582 e. The van der Waals surface area contributed by atoms with Gasteiger partial charge in [0.2, 0.25) is 0 Å². The van der Waals surface area contributed by atoms with Crippen molar-refractivity contribution in [2.75, 3.05) is 0 Å². The van der Waals surface area contributed by atoms with Gasteiger partial charge in [0.1, 0.15) is 68.0 Å². The molecule has 0 saturated carbocycles. The van der Waals surface area contributed by atoms with Gasteiger partial charge in [0.25, 0.3) is 0 Å². The molecule has 0 amide bonds. The third-order valence-corrected chi connectivity index (χ3v) is 30.1. The molecule has 2 aromatic heterocycles. The van der Waals surface area contributed by atoms with Crippen LogP contribution in [0.1, 0.15) is 147 Å². The molecule has 0 atom stereocenters. The van der Waals surface area contributed by atoms with Crippen LogP contribution in [0.25, 0.3) is 21.5 Å². The number of nitrogens with zero attached hydrogens (tertiary/aromatic N) is 8. The predicted octanol–water partition coefficient (Wildman–Crippen LogP) is 14.1. The van der Waals surface area contributed by atoms with Crippen LogP contribution in [0.5, 0.6) is 23.0 Å². The molecular formula is C60H78N8O6Si3. The lowest BCUT2D eigenvalue weighted by atomic mass is 10.1. The Morgan fingerprint density at radius 1 is 0.364 bits per heavy atom. The minimum Gasteiger partial charge on any atom is -0.488 e. The summed E-state index contributed by atoms with van der Waals surface area (Å²) in [6.07, 6.45) is 0. The molecule has 0 unspecified atom stereocenters. The van der Waals surface area contributed by atoms with E-state index in [2.05, 4.69) is 169 Å². The topological polar surface area (TPSA) is 139 Å². The molecule has 6 heterocycles. The Balaban J connectivity index is 1.52. The van der Waals surface area contributed by atoms with Gasteiger partial charge in [-0.2, -0.15) is 0 Å². The molecular weight excluding hydrogens is 1010 g/mol. The second-order valence-corrected chi connectivity index (χ2v) is 37.5. The number of hydrogen-bond donors (Lipinski definition) is 0. The molecule has 406 valence electrons. The zero-order valence-electron chi connectivity index (χ0n) is 48.7. The first-order valence-corrected chi connectivity index (χ1v) is 34.6. The molecule has 6 aromatic rings. The summed E-state index contributed by atoms with van der Waals surface area (Å²) in [5.41, 5.74) is 2.48. The van der Waals surface area contributed by atoms with Crippen molar-refractivity contribution in [3.05, 3.63) is 106 Å². The second-order valence-electron chi connectivity index (χ2n) is 24.9. The van der Waals surface area contributed by atoms with E-state index in [0.717, 1.165) is 80.1 Å². The van der Waals surface area contributed by atoms with Crippen LogP contribution in [0, 0.1) is 0 Å². The van der Waals surface area contributed by atoms with E-state index in [4.69, 9.17) is 57.1 Å². The minimum atomic E-state index is -4.51. The molecule has 6 bridgehead atoms. The summed E-state index contributed by atoms with van der Waals surface area (Å²) >= 11 is 0. The van der Waals surface area contributed by atoms with Crippen molar-refractivity contribution in [2.45, 2.75) is 183 Å². The van der Waals surface area contributed by atoms with Crippen molar-refractivity contribution in [2.24, 2.45) is 30.0 Å². The van der Waals surface area contributed by atoms with E-state index in [9.17, 15) is 0 Å². The molecule has 4 aliphatic heterocycles. The molecule has 0 spiro atoms. The number of ether oxygens (including phenoxy) is 4. The number of aliphatic imine (C=N–C) groups is 4. The lowest BCUT2D eigenvalue weighted by Gasteiger charge is -2.45. The Morgan fingerprint density at radius 2 is 0.701 bits per heavy atom. The van der Waals surface area contributed by atoms with E-state index in [1.165, 1.54) is 0 Å². The maximum atomic E-state index is 8.65. The lowest BCUT2D eigenvalue weighted by Crippen LogP contribution is -2.71. The fourth-order valence-electron chi connectivity index (χ4n) is 10.9. The van der Waals surface area contributed by atoms with Gasteiger partial charge >= 0.3 is 8.88 Å². The Bertz CT molecular complexity index is 3590. The Labute approximate surface area is 457 Å². The van der Waals surface area contributed by atoms with Crippen molar-refractivity contribution in [1.82, 2.24) is 8.47 Å². The largest absolute Gasteiger partial charge is 0.582 e. The van der Waals surface area contributed by atoms with Crippen molar-refractivity contribution < 1.29 is 27.2 Å². The van der Waals surface area contributed by atoms with Crippen LogP contribution in [-0.4, -0.2) is 79.7 Å². The molecule has 0 saturated heterocycles. The lowest BCUT2D eigenvalue weighted by molar-refractivity contribution is 0.130. The highest BCUT2D eigenvalue weighted by Gasteiger charge is 2.59. The average Bonchev–Trinajstić information content (AvgIpc) is 4.28. The number of aromatic nitrogens is 2. The summed E-state index contributed by atoms with van der Waals surface area (Å²) < 4.78 is 48.5. The van der Waals surface area contributed by atoms with Crippen molar-refractivity contribution in [1.29, 1.82) is 0 Å². The number of amidine groups is 4. The normalized spacial score (nSPS) is 18.2. The minimum absolute atomic E-state index is 0.462. The SMILES string of the molecule is CC[Si](CC)(CC)O[Si]1(O[Si](CC)(CC)CC)n2c3c4cc(OC(C)(C)C)ccc4c2/N=C2N=C(/N=c4/c5cc(OC(C)(C)C)ccc5/c(n41)=N/C1=NC(=N\3)/c3ccc(OC(C)(C)C)cc31)c1ccc(OC(C)(C)C)cc1\2. The van der Waals surface area contributed by atoms with Gasteiger partial charge in [-0.05, 0) is 192 Å². The van der Waals surface area contributed by atoms with Gasteiger partial charge in [-0.1, -0.05) is 41.5 Å². The average molecular weight is 1090 g/mol. The predicted molar refractivity (Wildman–Crippen MR) is 319 cm³/mol. The number of fused-ring (bicyclic) bond motifs is 14. The fourth-order valence-corrected chi connectivity index (χ4v) is 25.9. The van der Waals surface area contributed by atoms with Crippen molar-refractivity contribution >= 4 is 82.0 Å². The zero-order valence-corrected chi connectivity index (χ0v) is 51.7. The van der Waals surface area contributed by atoms with Crippen LogP contribution in [0.15, 0.2) is 103 Å². The molecule has 4 aliphatic rings. The smallest absolute Gasteiger partial charge is 0.488 e. The summed E-state index contributed by atoms with van der Waals surface area (Å²) in [4.78, 5) is 34.3. The van der Waals surface area contributed by atoms with E-state index >= 15 is 0 Å². The van der Waals surface area contributed by atoms with Crippen LogP contribution < -0.4 is 29.9 Å². The van der Waals surface area contributed by atoms with Crippen LogP contribution in [0.2, 0.25) is 36.3 Å². The highest BCUT2D eigenvalue weighted by atomic mass is 28.5. The van der Waals surface area contributed by atoms with E-state index in [-0.39, 0.29) is 0 Å². The third kappa shape index (κ3) is 9.99. The van der Waals surface area contributed by atoms with Gasteiger partial charge in [0.15, 0.2) is 40.0 Å². The van der Waals surface area contributed by atoms with Crippen LogP contribution in [0.3, 0.4) is 0 Å².